The van der Waals surface area contributed by atoms with Gasteiger partial charge in [-0.25, -0.2) is 0 Å². The fourth-order valence-corrected chi connectivity index (χ4v) is 3.57. The van der Waals surface area contributed by atoms with Crippen LogP contribution < -0.4 is 0 Å². The lowest BCUT2D eigenvalue weighted by molar-refractivity contribution is -0.133. The maximum absolute atomic E-state index is 13.1. The van der Waals surface area contributed by atoms with Crippen LogP contribution in [0.1, 0.15) is 37.1 Å². The fraction of sp³-hybridized carbons (Fsp3) is 0.250. The van der Waals surface area contributed by atoms with Gasteiger partial charge in [0.1, 0.15) is 0 Å². The minimum Gasteiger partial charge on any atom is -0.331 e. The molecule has 1 fully saturated rings. The molecule has 0 bridgehead atoms. The van der Waals surface area contributed by atoms with E-state index in [9.17, 15) is 4.79 Å². The monoisotopic (exact) mass is 356 g/mol. The highest BCUT2D eigenvalue weighted by Gasteiger charge is 2.36. The van der Waals surface area contributed by atoms with E-state index in [2.05, 4.69) is 48.3 Å². The quantitative estimate of drug-likeness (QED) is 0.620. The molecule has 0 aliphatic heterocycles. The van der Waals surface area contributed by atoms with Crippen molar-refractivity contribution in [2.75, 3.05) is 0 Å². The minimum atomic E-state index is 0.00907. The lowest BCUT2D eigenvalue weighted by atomic mass is 10.0. The van der Waals surface area contributed by atoms with Gasteiger partial charge in [0.05, 0.1) is 18.2 Å². The number of pyridine rings is 1. The van der Waals surface area contributed by atoms with E-state index in [1.807, 2.05) is 41.3 Å². The number of aromatic nitrogens is 1. The first-order valence-corrected chi connectivity index (χ1v) is 9.59. The Kier molecular flexibility index (Phi) is 5.01. The van der Waals surface area contributed by atoms with Crippen LogP contribution in [0.25, 0.3) is 11.1 Å². The van der Waals surface area contributed by atoms with Gasteiger partial charge < -0.3 is 4.90 Å². The zero-order chi connectivity index (χ0) is 18.6. The Balaban J connectivity index is 1.48. The summed E-state index contributed by atoms with van der Waals surface area (Å²) in [6, 6.07) is 24.9. The topological polar surface area (TPSA) is 33.2 Å². The highest BCUT2D eigenvalue weighted by atomic mass is 16.2. The van der Waals surface area contributed by atoms with E-state index in [1.54, 1.807) is 6.20 Å². The minimum absolute atomic E-state index is 0.00907. The van der Waals surface area contributed by atoms with Crippen LogP contribution in [0.2, 0.25) is 0 Å². The Bertz CT molecular complexity index is 887. The number of carbonyl (C=O) groups is 1. The second-order valence-electron chi connectivity index (χ2n) is 7.20. The average Bonchev–Trinajstić information content (AvgIpc) is 3.55. The van der Waals surface area contributed by atoms with Crippen LogP contribution in [-0.2, 0) is 11.2 Å². The summed E-state index contributed by atoms with van der Waals surface area (Å²) in [5.74, 6) is 0.183. The second-order valence-corrected chi connectivity index (χ2v) is 7.20. The summed E-state index contributed by atoms with van der Waals surface area (Å²) in [5.41, 5.74) is 4.38. The molecule has 3 nitrogen and oxygen atoms in total. The Morgan fingerprint density at radius 1 is 0.963 bits per heavy atom. The zero-order valence-electron chi connectivity index (χ0n) is 15.6. The van der Waals surface area contributed by atoms with E-state index in [0.29, 0.717) is 12.5 Å². The maximum Gasteiger partial charge on any atom is 0.227 e. The van der Waals surface area contributed by atoms with Crippen LogP contribution in [0.3, 0.4) is 0 Å². The molecular weight excluding hydrogens is 332 g/mol. The first-order chi connectivity index (χ1) is 13.2. The number of rotatable bonds is 6. The first-order valence-electron chi connectivity index (χ1n) is 9.59. The Hall–Kier alpha value is -2.94. The van der Waals surface area contributed by atoms with E-state index >= 15 is 0 Å². The van der Waals surface area contributed by atoms with Crippen molar-refractivity contribution in [1.82, 2.24) is 9.88 Å². The molecule has 1 heterocycles. The lowest BCUT2D eigenvalue weighted by Crippen LogP contribution is -2.37. The number of hydrogen-bond acceptors (Lipinski definition) is 2. The van der Waals surface area contributed by atoms with Crippen LogP contribution in [-0.4, -0.2) is 21.8 Å². The largest absolute Gasteiger partial charge is 0.331 e. The van der Waals surface area contributed by atoms with Crippen LogP contribution >= 0.6 is 0 Å². The molecule has 27 heavy (non-hydrogen) atoms. The molecule has 1 aromatic heterocycles. The van der Waals surface area contributed by atoms with Gasteiger partial charge in [0.2, 0.25) is 5.91 Å². The first kappa shape index (κ1) is 17.5. The van der Waals surface area contributed by atoms with Gasteiger partial charge in [-0.05, 0) is 48.6 Å². The van der Waals surface area contributed by atoms with Crippen molar-refractivity contribution in [3.8, 4) is 11.1 Å². The van der Waals surface area contributed by atoms with Gasteiger partial charge in [0.25, 0.3) is 0 Å². The fourth-order valence-electron chi connectivity index (χ4n) is 3.57. The summed E-state index contributed by atoms with van der Waals surface area (Å²) in [4.78, 5) is 19.5. The summed E-state index contributed by atoms with van der Waals surface area (Å²) >= 11 is 0. The Morgan fingerprint density at radius 3 is 2.26 bits per heavy atom. The lowest BCUT2D eigenvalue weighted by Gasteiger charge is -2.29. The van der Waals surface area contributed by atoms with Crippen LogP contribution in [0.15, 0.2) is 79.0 Å². The van der Waals surface area contributed by atoms with Crippen molar-refractivity contribution < 1.29 is 4.79 Å². The van der Waals surface area contributed by atoms with E-state index < -0.39 is 0 Å². The van der Waals surface area contributed by atoms with Crippen LogP contribution in [0.5, 0.6) is 0 Å². The number of nitrogens with zero attached hydrogens (tertiary/aromatic N) is 2. The predicted octanol–water partition coefficient (Wildman–Crippen LogP) is 5.04. The molecule has 3 heteroatoms. The second kappa shape index (κ2) is 7.75. The van der Waals surface area contributed by atoms with Gasteiger partial charge in [-0.15, -0.1) is 0 Å². The molecule has 3 aromatic rings. The molecule has 2 aromatic carbocycles. The third-order valence-electron chi connectivity index (χ3n) is 5.18. The molecule has 0 saturated heterocycles. The van der Waals surface area contributed by atoms with E-state index in [-0.39, 0.29) is 11.9 Å². The molecule has 0 spiro atoms. The van der Waals surface area contributed by atoms with Crippen LogP contribution in [0.4, 0.5) is 0 Å². The predicted molar refractivity (Wildman–Crippen MR) is 108 cm³/mol. The molecule has 0 N–H and O–H groups in total. The summed E-state index contributed by atoms with van der Waals surface area (Å²) in [6.07, 6.45) is 4.41. The Morgan fingerprint density at radius 2 is 1.63 bits per heavy atom. The van der Waals surface area contributed by atoms with Gasteiger partial charge in [-0.3, -0.25) is 9.78 Å². The third-order valence-corrected chi connectivity index (χ3v) is 5.18. The molecule has 1 aliphatic carbocycles. The molecule has 4 rings (SSSR count). The zero-order valence-corrected chi connectivity index (χ0v) is 15.6. The van der Waals surface area contributed by atoms with E-state index in [1.165, 1.54) is 11.1 Å². The van der Waals surface area contributed by atoms with Crippen molar-refractivity contribution in [1.29, 1.82) is 0 Å². The van der Waals surface area contributed by atoms with Crippen molar-refractivity contribution in [2.24, 2.45) is 0 Å². The van der Waals surface area contributed by atoms with Crippen molar-refractivity contribution in [3.63, 3.8) is 0 Å². The van der Waals surface area contributed by atoms with Gasteiger partial charge in [0, 0.05) is 12.2 Å². The normalized spacial score (nSPS) is 14.6. The standard InChI is InChI=1S/C24H24N2O/c1-18(23-9-5-6-16-25-23)26(22-14-15-22)24(27)17-19-10-12-21(13-11-19)20-7-3-2-4-8-20/h2-13,16,18,22H,14-15,17H2,1H3. The summed E-state index contributed by atoms with van der Waals surface area (Å²) in [6.45, 7) is 2.08. The highest BCUT2D eigenvalue weighted by molar-refractivity contribution is 5.80. The number of amides is 1. The molecule has 1 unspecified atom stereocenters. The molecular formula is C24H24N2O. The van der Waals surface area contributed by atoms with Crippen LogP contribution in [0, 0.1) is 0 Å². The SMILES string of the molecule is CC(c1ccccn1)N(C(=O)Cc1ccc(-c2ccccc2)cc1)C1CC1. The number of hydrogen-bond donors (Lipinski definition) is 0. The summed E-state index contributed by atoms with van der Waals surface area (Å²) in [7, 11) is 0. The number of benzene rings is 2. The van der Waals surface area contributed by atoms with Gasteiger partial charge in [0.15, 0.2) is 0 Å². The smallest absolute Gasteiger partial charge is 0.227 e. The Labute approximate surface area is 160 Å². The summed E-state index contributed by atoms with van der Waals surface area (Å²) in [5, 5.41) is 0. The molecule has 1 aliphatic rings. The van der Waals surface area contributed by atoms with Crippen molar-refractivity contribution in [3.05, 3.63) is 90.3 Å². The van der Waals surface area contributed by atoms with E-state index in [4.69, 9.17) is 0 Å². The highest BCUT2D eigenvalue weighted by Crippen LogP contribution is 2.34. The average molecular weight is 356 g/mol. The van der Waals surface area contributed by atoms with Gasteiger partial charge in [-0.2, -0.15) is 0 Å². The molecule has 1 atom stereocenters. The van der Waals surface area contributed by atoms with E-state index in [0.717, 1.165) is 24.1 Å². The molecule has 136 valence electrons. The van der Waals surface area contributed by atoms with Gasteiger partial charge in [-0.1, -0.05) is 60.7 Å². The molecule has 1 amide bonds. The third kappa shape index (κ3) is 4.08. The molecule has 0 radical (unpaired) electrons. The van der Waals surface area contributed by atoms with Crippen molar-refractivity contribution >= 4 is 5.91 Å². The molecule has 1 saturated carbocycles. The van der Waals surface area contributed by atoms with Gasteiger partial charge >= 0.3 is 0 Å². The van der Waals surface area contributed by atoms with Crippen molar-refractivity contribution in [2.45, 2.75) is 38.3 Å². The summed E-state index contributed by atoms with van der Waals surface area (Å²) < 4.78 is 0. The number of carbonyl (C=O) groups excluding carboxylic acids is 1. The maximum atomic E-state index is 13.1.